The zero-order chi connectivity index (χ0) is 20.9. The van der Waals surface area contributed by atoms with Crippen molar-refractivity contribution in [3.63, 3.8) is 0 Å². The van der Waals surface area contributed by atoms with Crippen LogP contribution in [0.1, 0.15) is 11.1 Å². The van der Waals surface area contributed by atoms with Crippen molar-refractivity contribution < 1.29 is 14.7 Å². The van der Waals surface area contributed by atoms with Gasteiger partial charge in [-0.2, -0.15) is 0 Å². The van der Waals surface area contributed by atoms with E-state index in [1.165, 1.54) is 6.20 Å². The van der Waals surface area contributed by atoms with Crippen molar-refractivity contribution in [3.8, 4) is 0 Å². The molecule has 0 atom stereocenters. The minimum atomic E-state index is -1.03. The van der Waals surface area contributed by atoms with E-state index in [0.717, 1.165) is 0 Å². The summed E-state index contributed by atoms with van der Waals surface area (Å²) >= 11 is 0. The van der Waals surface area contributed by atoms with E-state index in [1.54, 1.807) is 54.7 Å². The second-order valence-corrected chi connectivity index (χ2v) is 6.54. The maximum Gasteiger partial charge on any atom is 0.336 e. The lowest BCUT2D eigenvalue weighted by molar-refractivity contribution is -0.130. The monoisotopic (exact) mass is 398 g/mol. The number of nitrogens with one attached hydrogen (secondary N) is 3. The fourth-order valence-electron chi connectivity index (χ4n) is 3.07. The molecule has 0 aliphatic rings. The molecule has 4 N–H and O–H groups in total. The molecule has 4 aromatic rings. The van der Waals surface area contributed by atoms with Gasteiger partial charge in [-0.25, -0.2) is 14.6 Å². The Morgan fingerprint density at radius 3 is 2.30 bits per heavy atom. The fourth-order valence-corrected chi connectivity index (χ4v) is 3.07. The van der Waals surface area contributed by atoms with Crippen molar-refractivity contribution in [3.05, 3.63) is 90.3 Å². The first-order valence-electron chi connectivity index (χ1n) is 9.21. The number of aliphatic carboxylic acids is 1. The molecule has 4 rings (SSSR count). The predicted molar refractivity (Wildman–Crippen MR) is 117 cm³/mol. The van der Waals surface area contributed by atoms with Crippen LogP contribution < -0.4 is 10.6 Å². The molecule has 0 saturated carbocycles. The highest BCUT2D eigenvalue weighted by Gasteiger charge is 2.13. The van der Waals surface area contributed by atoms with Crippen LogP contribution in [0, 0.1) is 0 Å². The molecule has 7 nitrogen and oxygen atoms in total. The standard InChI is InChI=1S/C23H18N4O3/c28-22(29)20(15-7-3-1-4-8-15)11-16-13-24-21-19(16)12-18(14-25-21)27-23(30)26-17-9-5-2-6-10-17/h1-14H,(H,24,25)(H,28,29)(H2,26,27,30)/b20-11+. The number of hydrogen-bond donors (Lipinski definition) is 4. The van der Waals surface area contributed by atoms with Gasteiger partial charge in [0.2, 0.25) is 0 Å². The molecule has 2 aromatic heterocycles. The number of carbonyl (C=O) groups excluding carboxylic acids is 1. The number of para-hydroxylation sites is 1. The molecule has 7 heteroatoms. The Labute approximate surface area is 172 Å². The van der Waals surface area contributed by atoms with Crippen molar-refractivity contribution >= 4 is 46.1 Å². The van der Waals surface area contributed by atoms with Crippen molar-refractivity contribution in [1.29, 1.82) is 0 Å². The van der Waals surface area contributed by atoms with E-state index in [9.17, 15) is 14.7 Å². The van der Waals surface area contributed by atoms with Crippen LogP contribution in [-0.2, 0) is 4.79 Å². The smallest absolute Gasteiger partial charge is 0.336 e. The van der Waals surface area contributed by atoms with Gasteiger partial charge in [0.25, 0.3) is 0 Å². The minimum absolute atomic E-state index is 0.164. The minimum Gasteiger partial charge on any atom is -0.478 e. The lowest BCUT2D eigenvalue weighted by Gasteiger charge is -2.07. The van der Waals surface area contributed by atoms with Crippen molar-refractivity contribution in [2.45, 2.75) is 0 Å². The summed E-state index contributed by atoms with van der Waals surface area (Å²) in [5.41, 5.74) is 3.17. The highest BCUT2D eigenvalue weighted by atomic mass is 16.4. The van der Waals surface area contributed by atoms with E-state index in [1.807, 2.05) is 24.3 Å². The van der Waals surface area contributed by atoms with Crippen LogP contribution in [0.25, 0.3) is 22.7 Å². The van der Waals surface area contributed by atoms with Crippen molar-refractivity contribution in [2.75, 3.05) is 10.6 Å². The molecule has 148 valence electrons. The van der Waals surface area contributed by atoms with Crippen molar-refractivity contribution in [2.24, 2.45) is 0 Å². The normalized spacial score (nSPS) is 11.3. The number of amides is 2. The van der Waals surface area contributed by atoms with Gasteiger partial charge < -0.3 is 20.7 Å². The number of pyridine rings is 1. The summed E-state index contributed by atoms with van der Waals surface area (Å²) in [5.74, 6) is -1.03. The van der Waals surface area contributed by atoms with Crippen LogP contribution in [-0.4, -0.2) is 27.1 Å². The SMILES string of the molecule is O=C(Nc1ccccc1)Nc1cnc2[nH]cc(/C=C(/C(=O)O)c3ccccc3)c2c1. The Morgan fingerprint density at radius 1 is 0.933 bits per heavy atom. The molecule has 2 aromatic carbocycles. The second-order valence-electron chi connectivity index (χ2n) is 6.54. The van der Waals surface area contributed by atoms with E-state index < -0.39 is 12.0 Å². The molecule has 0 aliphatic carbocycles. The quantitative estimate of drug-likeness (QED) is 0.361. The van der Waals surface area contributed by atoms with Crippen LogP contribution in [0.3, 0.4) is 0 Å². The van der Waals surface area contributed by atoms with Gasteiger partial charge in [-0.15, -0.1) is 0 Å². The number of nitrogens with zero attached hydrogens (tertiary/aromatic N) is 1. The van der Waals surface area contributed by atoms with E-state index in [2.05, 4.69) is 20.6 Å². The summed E-state index contributed by atoms with van der Waals surface area (Å²) in [5, 5.41) is 15.8. The second kappa shape index (κ2) is 8.32. The number of aromatic amines is 1. The highest BCUT2D eigenvalue weighted by molar-refractivity contribution is 6.21. The Hall–Kier alpha value is -4.39. The van der Waals surface area contributed by atoms with Crippen LogP contribution in [0.4, 0.5) is 16.2 Å². The maximum atomic E-state index is 12.2. The van der Waals surface area contributed by atoms with Gasteiger partial charge in [-0.1, -0.05) is 48.5 Å². The zero-order valence-corrected chi connectivity index (χ0v) is 15.8. The van der Waals surface area contributed by atoms with Gasteiger partial charge in [0.05, 0.1) is 17.5 Å². The summed E-state index contributed by atoms with van der Waals surface area (Å²) < 4.78 is 0. The number of anilines is 2. The van der Waals surface area contributed by atoms with E-state index in [4.69, 9.17) is 0 Å². The fraction of sp³-hybridized carbons (Fsp3) is 0. The molecule has 0 saturated heterocycles. The number of carbonyl (C=O) groups is 2. The summed E-state index contributed by atoms with van der Waals surface area (Å²) in [7, 11) is 0. The van der Waals surface area contributed by atoms with E-state index in [0.29, 0.717) is 33.5 Å². The Balaban J connectivity index is 1.63. The van der Waals surface area contributed by atoms with Crippen LogP contribution in [0.15, 0.2) is 79.1 Å². The van der Waals surface area contributed by atoms with Gasteiger partial charge >= 0.3 is 12.0 Å². The predicted octanol–water partition coefficient (Wildman–Crippen LogP) is 4.83. The molecule has 0 radical (unpaired) electrons. The van der Waals surface area contributed by atoms with Gasteiger partial charge in [-0.3, -0.25) is 0 Å². The van der Waals surface area contributed by atoms with Crippen LogP contribution >= 0.6 is 0 Å². The number of urea groups is 1. The lowest BCUT2D eigenvalue weighted by Crippen LogP contribution is -2.19. The number of H-pyrrole nitrogens is 1. The Morgan fingerprint density at radius 2 is 1.60 bits per heavy atom. The number of aromatic nitrogens is 2. The highest BCUT2D eigenvalue weighted by Crippen LogP contribution is 2.25. The average molecular weight is 398 g/mol. The lowest BCUT2D eigenvalue weighted by atomic mass is 10.0. The summed E-state index contributed by atoms with van der Waals surface area (Å²) in [6.45, 7) is 0. The first-order chi connectivity index (χ1) is 14.6. The molecule has 0 unspecified atom stereocenters. The average Bonchev–Trinajstić information content (AvgIpc) is 3.15. The third-order valence-electron chi connectivity index (χ3n) is 4.47. The summed E-state index contributed by atoms with van der Waals surface area (Å²) in [6.07, 6.45) is 4.82. The maximum absolute atomic E-state index is 12.2. The molecule has 0 bridgehead atoms. The Kier molecular flexibility index (Phi) is 5.25. The van der Waals surface area contributed by atoms with Gasteiger partial charge in [-0.05, 0) is 29.8 Å². The number of hydrogen-bond acceptors (Lipinski definition) is 3. The first-order valence-corrected chi connectivity index (χ1v) is 9.21. The van der Waals surface area contributed by atoms with Gasteiger partial charge in [0.1, 0.15) is 5.65 Å². The molecular weight excluding hydrogens is 380 g/mol. The van der Waals surface area contributed by atoms with Gasteiger partial charge in [0, 0.05) is 22.8 Å². The summed E-state index contributed by atoms with van der Waals surface area (Å²) in [4.78, 5) is 31.4. The molecule has 0 aliphatic heterocycles. The zero-order valence-electron chi connectivity index (χ0n) is 15.8. The molecule has 30 heavy (non-hydrogen) atoms. The molecule has 0 spiro atoms. The van der Waals surface area contributed by atoms with Crippen LogP contribution in [0.2, 0.25) is 0 Å². The number of benzene rings is 2. The largest absolute Gasteiger partial charge is 0.478 e. The van der Waals surface area contributed by atoms with E-state index in [-0.39, 0.29) is 5.57 Å². The molecule has 0 fully saturated rings. The Bertz CT molecular complexity index is 1230. The number of fused-ring (bicyclic) bond motifs is 1. The summed E-state index contributed by atoms with van der Waals surface area (Å²) in [6, 6.07) is 19.3. The first kappa shape index (κ1) is 18.9. The van der Waals surface area contributed by atoms with Crippen molar-refractivity contribution in [1.82, 2.24) is 9.97 Å². The third kappa shape index (κ3) is 4.20. The topological polar surface area (TPSA) is 107 Å². The number of carboxylic acid groups (broad SMARTS) is 1. The number of carboxylic acids is 1. The molecule has 2 heterocycles. The number of rotatable bonds is 5. The molecule has 2 amide bonds. The van der Waals surface area contributed by atoms with E-state index >= 15 is 0 Å². The van der Waals surface area contributed by atoms with Crippen LogP contribution in [0.5, 0.6) is 0 Å². The van der Waals surface area contributed by atoms with Gasteiger partial charge in [0.15, 0.2) is 0 Å². The third-order valence-corrected chi connectivity index (χ3v) is 4.47. The molecular formula is C23H18N4O3.